The first-order chi connectivity index (χ1) is 9.47. The number of hydrogen-bond donors (Lipinski definition) is 1. The largest absolute Gasteiger partial charge is 0.489 e. The lowest BCUT2D eigenvalue weighted by Crippen LogP contribution is -2.01. The maximum absolute atomic E-state index is 13.1. The van der Waals surface area contributed by atoms with Gasteiger partial charge in [-0.25, -0.2) is 4.39 Å². The Labute approximate surface area is 130 Å². The second kappa shape index (κ2) is 6.57. The first kappa shape index (κ1) is 15.3. The van der Waals surface area contributed by atoms with Crippen molar-refractivity contribution in [2.45, 2.75) is 19.6 Å². The molecule has 0 unspecified atom stereocenters. The average Bonchev–Trinajstić information content (AvgIpc) is 2.41. The molecule has 106 valence electrons. The van der Waals surface area contributed by atoms with Gasteiger partial charge in [0, 0.05) is 10.6 Å². The maximum atomic E-state index is 13.1. The second-order valence-electron chi connectivity index (χ2n) is 4.40. The molecule has 0 fully saturated rings. The highest BCUT2D eigenvalue weighted by molar-refractivity contribution is 9.10. The lowest BCUT2D eigenvalue weighted by molar-refractivity contribution is 0.190. The van der Waals surface area contributed by atoms with Crippen LogP contribution < -0.4 is 4.74 Å². The molecular formula is C15H13BrClFO2. The van der Waals surface area contributed by atoms with Crippen molar-refractivity contribution < 1.29 is 14.2 Å². The molecule has 2 aromatic rings. The van der Waals surface area contributed by atoms with Crippen molar-refractivity contribution in [3.05, 3.63) is 62.8 Å². The van der Waals surface area contributed by atoms with Crippen molar-refractivity contribution in [1.29, 1.82) is 0 Å². The highest BCUT2D eigenvalue weighted by atomic mass is 79.9. The van der Waals surface area contributed by atoms with E-state index >= 15 is 0 Å². The van der Waals surface area contributed by atoms with Crippen LogP contribution in [0.3, 0.4) is 0 Å². The van der Waals surface area contributed by atoms with E-state index in [9.17, 15) is 9.50 Å². The third kappa shape index (κ3) is 3.72. The van der Waals surface area contributed by atoms with Crippen molar-refractivity contribution in [2.24, 2.45) is 0 Å². The van der Waals surface area contributed by atoms with Gasteiger partial charge in [-0.15, -0.1) is 0 Å². The van der Waals surface area contributed by atoms with E-state index in [1.165, 1.54) is 6.07 Å². The van der Waals surface area contributed by atoms with E-state index in [4.69, 9.17) is 16.3 Å². The molecule has 0 aliphatic carbocycles. The fraction of sp³-hybridized carbons (Fsp3) is 0.200. The lowest BCUT2D eigenvalue weighted by Gasteiger charge is -2.14. The van der Waals surface area contributed by atoms with Crippen molar-refractivity contribution >= 4 is 27.5 Å². The molecule has 1 N–H and O–H groups in total. The van der Waals surface area contributed by atoms with E-state index in [-0.39, 0.29) is 12.4 Å². The molecule has 0 spiro atoms. The quantitative estimate of drug-likeness (QED) is 0.843. The highest BCUT2D eigenvalue weighted by Crippen LogP contribution is 2.29. The van der Waals surface area contributed by atoms with Gasteiger partial charge in [0.05, 0.1) is 10.6 Å². The Bertz CT molecular complexity index is 617. The van der Waals surface area contributed by atoms with E-state index in [0.717, 1.165) is 5.56 Å². The molecule has 0 aliphatic rings. The lowest BCUT2D eigenvalue weighted by atomic mass is 10.1. The Hall–Kier alpha value is -1.10. The zero-order valence-electron chi connectivity index (χ0n) is 10.7. The standard InChI is InChI=1S/C15H13BrClFO2/c1-9(19)12-7-11(17)3-5-15(12)20-8-10-2-4-14(18)13(16)6-10/h2-7,9,19H,8H2,1H3/t9-/m0/s1. The molecule has 0 amide bonds. The zero-order chi connectivity index (χ0) is 14.7. The van der Waals surface area contributed by atoms with E-state index in [0.29, 0.717) is 20.8 Å². The fourth-order valence-electron chi connectivity index (χ4n) is 1.77. The number of rotatable bonds is 4. The van der Waals surface area contributed by atoms with Gasteiger partial charge in [0.25, 0.3) is 0 Å². The van der Waals surface area contributed by atoms with Gasteiger partial charge in [-0.05, 0) is 58.7 Å². The zero-order valence-corrected chi connectivity index (χ0v) is 13.1. The summed E-state index contributed by atoms with van der Waals surface area (Å²) in [5.41, 5.74) is 1.45. The molecule has 1 atom stereocenters. The molecule has 0 saturated carbocycles. The number of benzene rings is 2. The van der Waals surface area contributed by atoms with Crippen LogP contribution in [0, 0.1) is 5.82 Å². The van der Waals surface area contributed by atoms with E-state index < -0.39 is 6.10 Å². The molecule has 2 aromatic carbocycles. The molecule has 5 heteroatoms. The molecule has 0 heterocycles. The summed E-state index contributed by atoms with van der Waals surface area (Å²) < 4.78 is 19.2. The second-order valence-corrected chi connectivity index (χ2v) is 5.69. The van der Waals surface area contributed by atoms with E-state index in [2.05, 4.69) is 15.9 Å². The Balaban J connectivity index is 2.16. The minimum atomic E-state index is -0.677. The smallest absolute Gasteiger partial charge is 0.137 e. The third-order valence-electron chi connectivity index (χ3n) is 2.80. The number of aliphatic hydroxyl groups is 1. The van der Waals surface area contributed by atoms with Crippen molar-refractivity contribution in [2.75, 3.05) is 0 Å². The SMILES string of the molecule is C[C@H](O)c1cc(Cl)ccc1OCc1ccc(F)c(Br)c1. The van der Waals surface area contributed by atoms with E-state index in [1.54, 1.807) is 37.3 Å². The number of aliphatic hydroxyl groups excluding tert-OH is 1. The van der Waals surface area contributed by atoms with Crippen molar-refractivity contribution in [1.82, 2.24) is 0 Å². The van der Waals surface area contributed by atoms with Crippen LogP contribution in [0.15, 0.2) is 40.9 Å². The summed E-state index contributed by atoms with van der Waals surface area (Å²) in [5.74, 6) is 0.245. The van der Waals surface area contributed by atoms with Gasteiger partial charge >= 0.3 is 0 Å². The summed E-state index contributed by atoms with van der Waals surface area (Å²) in [5, 5.41) is 10.3. The van der Waals surface area contributed by atoms with Gasteiger partial charge in [0.15, 0.2) is 0 Å². The Morgan fingerprint density at radius 2 is 2.05 bits per heavy atom. The monoisotopic (exact) mass is 358 g/mol. The fourth-order valence-corrected chi connectivity index (χ4v) is 2.37. The molecule has 2 nitrogen and oxygen atoms in total. The predicted molar refractivity (Wildman–Crippen MR) is 80.5 cm³/mol. The molecule has 2 rings (SSSR count). The van der Waals surface area contributed by atoms with Crippen LogP contribution >= 0.6 is 27.5 Å². The van der Waals surface area contributed by atoms with Gasteiger partial charge in [0.2, 0.25) is 0 Å². The van der Waals surface area contributed by atoms with Gasteiger partial charge in [-0.2, -0.15) is 0 Å². The first-order valence-electron chi connectivity index (χ1n) is 6.01. The number of halogens is 3. The molecule has 0 aromatic heterocycles. The van der Waals surface area contributed by atoms with Crippen molar-refractivity contribution in [3.63, 3.8) is 0 Å². The Kier molecular flexibility index (Phi) is 5.02. The highest BCUT2D eigenvalue weighted by Gasteiger charge is 2.10. The Morgan fingerprint density at radius 3 is 2.70 bits per heavy atom. The van der Waals surface area contributed by atoms with E-state index in [1.807, 2.05) is 0 Å². The molecule has 0 aliphatic heterocycles. The third-order valence-corrected chi connectivity index (χ3v) is 3.64. The Morgan fingerprint density at radius 1 is 1.30 bits per heavy atom. The van der Waals surface area contributed by atoms with Crippen molar-refractivity contribution in [3.8, 4) is 5.75 Å². The van der Waals surface area contributed by atoms with Crippen LogP contribution in [0.5, 0.6) is 5.75 Å². The van der Waals surface area contributed by atoms with Gasteiger partial charge in [0.1, 0.15) is 18.2 Å². The van der Waals surface area contributed by atoms with Crippen LogP contribution in [-0.2, 0) is 6.61 Å². The predicted octanol–water partition coefficient (Wildman–Crippen LogP) is 4.87. The normalized spacial score (nSPS) is 12.2. The summed E-state index contributed by atoms with van der Waals surface area (Å²) in [6.07, 6.45) is -0.677. The van der Waals surface area contributed by atoms with Crippen LogP contribution in [0.2, 0.25) is 5.02 Å². The number of ether oxygens (including phenoxy) is 1. The molecular weight excluding hydrogens is 347 g/mol. The van der Waals surface area contributed by atoms with Gasteiger partial charge in [-0.1, -0.05) is 17.7 Å². The van der Waals surface area contributed by atoms with Gasteiger partial charge in [-0.3, -0.25) is 0 Å². The van der Waals surface area contributed by atoms with Crippen LogP contribution in [0.4, 0.5) is 4.39 Å². The minimum Gasteiger partial charge on any atom is -0.489 e. The summed E-state index contributed by atoms with van der Waals surface area (Å²) in [7, 11) is 0. The molecule has 0 radical (unpaired) electrons. The molecule has 0 saturated heterocycles. The van der Waals surface area contributed by atoms with Crippen LogP contribution in [0.25, 0.3) is 0 Å². The molecule has 0 bridgehead atoms. The molecule has 20 heavy (non-hydrogen) atoms. The minimum absolute atomic E-state index is 0.278. The van der Waals surface area contributed by atoms with Crippen LogP contribution in [-0.4, -0.2) is 5.11 Å². The summed E-state index contributed by atoms with van der Waals surface area (Å²) in [4.78, 5) is 0. The summed E-state index contributed by atoms with van der Waals surface area (Å²) >= 11 is 9.03. The summed E-state index contributed by atoms with van der Waals surface area (Å²) in [6.45, 7) is 1.92. The van der Waals surface area contributed by atoms with Crippen LogP contribution in [0.1, 0.15) is 24.2 Å². The van der Waals surface area contributed by atoms with Gasteiger partial charge < -0.3 is 9.84 Å². The average molecular weight is 360 g/mol. The topological polar surface area (TPSA) is 29.5 Å². The first-order valence-corrected chi connectivity index (χ1v) is 7.18. The maximum Gasteiger partial charge on any atom is 0.137 e. The summed E-state index contributed by atoms with van der Waals surface area (Å²) in [6, 6.07) is 9.76. The number of hydrogen-bond acceptors (Lipinski definition) is 2.